The molecular weight excluding hydrogens is 345 g/mol. The number of para-hydroxylation sites is 2. The van der Waals surface area contributed by atoms with Crippen molar-refractivity contribution in [2.45, 2.75) is 6.42 Å². The Hall–Kier alpha value is -2.60. The van der Waals surface area contributed by atoms with Gasteiger partial charge in [0.15, 0.2) is 0 Å². The zero-order chi connectivity index (χ0) is 19.1. The number of nitrogens with one attached hydrogen (secondary N) is 1. The lowest BCUT2D eigenvalue weighted by Crippen LogP contribution is -2.51. The van der Waals surface area contributed by atoms with Crippen LogP contribution in [0.1, 0.15) is 5.56 Å². The van der Waals surface area contributed by atoms with Crippen molar-refractivity contribution in [1.29, 1.82) is 0 Å². The number of nitrogens with zero attached hydrogens (tertiary/aromatic N) is 2. The molecule has 1 saturated heterocycles. The molecule has 27 heavy (non-hydrogen) atoms. The number of amides is 1. The Morgan fingerprint density at radius 1 is 1.07 bits per heavy atom. The summed E-state index contributed by atoms with van der Waals surface area (Å²) in [4.78, 5) is 16.2. The standard InChI is InChI=1S/C21H26FN3O2/c1-27-20-9-5-2-6-17(20)10-11-23-16-21(26)25-14-12-24(13-15-25)19-8-4-3-7-18(19)22/h2-9,23H,10-16H2,1H3. The second kappa shape index (κ2) is 9.37. The van der Waals surface area contributed by atoms with Gasteiger partial charge in [-0.05, 0) is 36.7 Å². The van der Waals surface area contributed by atoms with Gasteiger partial charge in [-0.1, -0.05) is 30.3 Å². The molecule has 0 aromatic heterocycles. The normalized spacial score (nSPS) is 14.3. The minimum absolute atomic E-state index is 0.0863. The number of halogens is 1. The Kier molecular flexibility index (Phi) is 6.65. The number of hydrogen-bond donors (Lipinski definition) is 1. The van der Waals surface area contributed by atoms with Crippen LogP contribution in [-0.4, -0.2) is 57.2 Å². The Balaban J connectivity index is 1.40. The number of hydrogen-bond acceptors (Lipinski definition) is 4. The van der Waals surface area contributed by atoms with E-state index in [4.69, 9.17) is 4.74 Å². The third kappa shape index (κ3) is 4.98. The molecule has 1 aliphatic rings. The van der Waals surface area contributed by atoms with E-state index in [0.29, 0.717) is 45.0 Å². The molecule has 0 aliphatic carbocycles. The molecule has 0 atom stereocenters. The fourth-order valence-corrected chi connectivity index (χ4v) is 3.34. The van der Waals surface area contributed by atoms with Crippen molar-refractivity contribution in [3.8, 4) is 5.75 Å². The van der Waals surface area contributed by atoms with Crippen LogP contribution in [0.5, 0.6) is 5.75 Å². The number of carbonyl (C=O) groups is 1. The maximum Gasteiger partial charge on any atom is 0.236 e. The van der Waals surface area contributed by atoms with Gasteiger partial charge in [-0.25, -0.2) is 4.39 Å². The topological polar surface area (TPSA) is 44.8 Å². The molecule has 6 heteroatoms. The van der Waals surface area contributed by atoms with Crippen molar-refractivity contribution in [3.05, 3.63) is 59.9 Å². The molecule has 2 aromatic rings. The van der Waals surface area contributed by atoms with E-state index in [0.717, 1.165) is 17.7 Å². The molecule has 0 unspecified atom stereocenters. The van der Waals surface area contributed by atoms with Crippen LogP contribution in [0.25, 0.3) is 0 Å². The summed E-state index contributed by atoms with van der Waals surface area (Å²) in [5.41, 5.74) is 1.73. The predicted molar refractivity (Wildman–Crippen MR) is 105 cm³/mol. The summed E-state index contributed by atoms with van der Waals surface area (Å²) in [6, 6.07) is 14.7. The van der Waals surface area contributed by atoms with E-state index in [9.17, 15) is 9.18 Å². The molecule has 2 aromatic carbocycles. The van der Waals surface area contributed by atoms with E-state index < -0.39 is 0 Å². The minimum atomic E-state index is -0.213. The van der Waals surface area contributed by atoms with Crippen molar-refractivity contribution in [2.24, 2.45) is 0 Å². The molecule has 0 radical (unpaired) electrons. The summed E-state index contributed by atoms with van der Waals surface area (Å²) in [6.07, 6.45) is 0.804. The van der Waals surface area contributed by atoms with Gasteiger partial charge in [0.1, 0.15) is 11.6 Å². The third-order valence-electron chi connectivity index (χ3n) is 4.87. The molecule has 0 saturated carbocycles. The molecule has 0 bridgehead atoms. The smallest absolute Gasteiger partial charge is 0.236 e. The van der Waals surface area contributed by atoms with Crippen LogP contribution in [0.3, 0.4) is 0 Å². The fraction of sp³-hybridized carbons (Fsp3) is 0.381. The fourth-order valence-electron chi connectivity index (χ4n) is 3.34. The summed E-state index contributed by atoms with van der Waals surface area (Å²) in [5.74, 6) is 0.744. The van der Waals surface area contributed by atoms with Gasteiger partial charge in [0.05, 0.1) is 19.3 Å². The van der Waals surface area contributed by atoms with Gasteiger partial charge < -0.3 is 19.9 Å². The number of carbonyl (C=O) groups excluding carboxylic acids is 1. The number of anilines is 1. The quantitative estimate of drug-likeness (QED) is 0.759. The van der Waals surface area contributed by atoms with Crippen LogP contribution in [0, 0.1) is 5.82 Å². The molecule has 144 valence electrons. The van der Waals surface area contributed by atoms with Crippen molar-refractivity contribution in [2.75, 3.05) is 51.3 Å². The average Bonchev–Trinajstić information content (AvgIpc) is 2.72. The highest BCUT2D eigenvalue weighted by Crippen LogP contribution is 2.20. The lowest BCUT2D eigenvalue weighted by molar-refractivity contribution is -0.130. The highest BCUT2D eigenvalue weighted by atomic mass is 19.1. The summed E-state index contributed by atoms with van der Waals surface area (Å²) < 4.78 is 19.2. The lowest BCUT2D eigenvalue weighted by atomic mass is 10.1. The van der Waals surface area contributed by atoms with Gasteiger partial charge in [0.2, 0.25) is 5.91 Å². The Bertz CT molecular complexity index is 761. The Morgan fingerprint density at radius 2 is 1.78 bits per heavy atom. The molecule has 1 heterocycles. The molecule has 0 spiro atoms. The summed E-state index contributed by atoms with van der Waals surface area (Å²) in [5, 5.41) is 3.21. The number of piperazine rings is 1. The van der Waals surface area contributed by atoms with Crippen LogP contribution in [0.15, 0.2) is 48.5 Å². The van der Waals surface area contributed by atoms with E-state index in [1.807, 2.05) is 40.1 Å². The zero-order valence-corrected chi connectivity index (χ0v) is 15.7. The first-order valence-electron chi connectivity index (χ1n) is 9.29. The van der Waals surface area contributed by atoms with Crippen molar-refractivity contribution < 1.29 is 13.9 Å². The van der Waals surface area contributed by atoms with Gasteiger partial charge in [0, 0.05) is 26.2 Å². The van der Waals surface area contributed by atoms with Crippen LogP contribution < -0.4 is 15.0 Å². The molecule has 1 aliphatic heterocycles. The number of methoxy groups -OCH3 is 1. The van der Waals surface area contributed by atoms with Crippen molar-refractivity contribution >= 4 is 11.6 Å². The number of ether oxygens (including phenoxy) is 1. The largest absolute Gasteiger partial charge is 0.496 e. The maximum absolute atomic E-state index is 13.9. The number of rotatable bonds is 7. The Labute approximate surface area is 159 Å². The highest BCUT2D eigenvalue weighted by molar-refractivity contribution is 5.78. The van der Waals surface area contributed by atoms with E-state index >= 15 is 0 Å². The molecule has 5 nitrogen and oxygen atoms in total. The third-order valence-corrected chi connectivity index (χ3v) is 4.87. The number of benzene rings is 2. The van der Waals surface area contributed by atoms with Crippen LogP contribution in [-0.2, 0) is 11.2 Å². The average molecular weight is 371 g/mol. The molecule has 1 amide bonds. The second-order valence-electron chi connectivity index (χ2n) is 6.56. The van der Waals surface area contributed by atoms with Gasteiger partial charge in [0.25, 0.3) is 0 Å². The highest BCUT2D eigenvalue weighted by Gasteiger charge is 2.22. The SMILES string of the molecule is COc1ccccc1CCNCC(=O)N1CCN(c2ccccc2F)CC1. The van der Waals surface area contributed by atoms with Gasteiger partial charge in [-0.2, -0.15) is 0 Å². The van der Waals surface area contributed by atoms with E-state index in [2.05, 4.69) is 5.32 Å². The first-order chi connectivity index (χ1) is 13.2. The molecule has 1 N–H and O–H groups in total. The molecule has 3 rings (SSSR count). The summed E-state index contributed by atoms with van der Waals surface area (Å²) in [7, 11) is 1.66. The zero-order valence-electron chi connectivity index (χ0n) is 15.7. The van der Waals surface area contributed by atoms with Gasteiger partial charge >= 0.3 is 0 Å². The first-order valence-corrected chi connectivity index (χ1v) is 9.29. The summed E-state index contributed by atoms with van der Waals surface area (Å²) >= 11 is 0. The molecule has 1 fully saturated rings. The van der Waals surface area contributed by atoms with Gasteiger partial charge in [-0.3, -0.25) is 4.79 Å². The molecular formula is C21H26FN3O2. The van der Waals surface area contributed by atoms with Crippen molar-refractivity contribution in [1.82, 2.24) is 10.2 Å². The van der Waals surface area contributed by atoms with Gasteiger partial charge in [-0.15, -0.1) is 0 Å². The van der Waals surface area contributed by atoms with Crippen LogP contribution in [0.2, 0.25) is 0 Å². The monoisotopic (exact) mass is 371 g/mol. The summed E-state index contributed by atoms with van der Waals surface area (Å²) in [6.45, 7) is 3.54. The van der Waals surface area contributed by atoms with Crippen LogP contribution >= 0.6 is 0 Å². The van der Waals surface area contributed by atoms with E-state index in [1.54, 1.807) is 19.2 Å². The lowest BCUT2D eigenvalue weighted by Gasteiger charge is -2.36. The maximum atomic E-state index is 13.9. The van der Waals surface area contributed by atoms with E-state index in [1.165, 1.54) is 6.07 Å². The van der Waals surface area contributed by atoms with Crippen LogP contribution in [0.4, 0.5) is 10.1 Å². The predicted octanol–water partition coefficient (Wildman–Crippen LogP) is 2.32. The second-order valence-corrected chi connectivity index (χ2v) is 6.56. The van der Waals surface area contributed by atoms with Crippen molar-refractivity contribution in [3.63, 3.8) is 0 Å². The Morgan fingerprint density at radius 3 is 2.52 bits per heavy atom. The first kappa shape index (κ1) is 19.2. The minimum Gasteiger partial charge on any atom is -0.496 e. The van der Waals surface area contributed by atoms with E-state index in [-0.39, 0.29) is 11.7 Å².